The van der Waals surface area contributed by atoms with E-state index in [4.69, 9.17) is 9.72 Å². The third kappa shape index (κ3) is 4.53. The molecule has 0 aliphatic carbocycles. The fourth-order valence-corrected chi connectivity index (χ4v) is 4.35. The number of nitrogens with one attached hydrogen (secondary N) is 2. The zero-order valence-corrected chi connectivity index (χ0v) is 20.7. The van der Waals surface area contributed by atoms with Crippen LogP contribution in [0, 0.1) is 5.82 Å². The van der Waals surface area contributed by atoms with Crippen LogP contribution in [-0.2, 0) is 0 Å². The van der Waals surface area contributed by atoms with Gasteiger partial charge in [0.1, 0.15) is 35.1 Å². The number of likely N-dealkylation sites (N-methyl/N-ethyl adjacent to an activating group) is 1. The van der Waals surface area contributed by atoms with Crippen molar-refractivity contribution in [2.24, 2.45) is 0 Å². The molecule has 4 aromatic heterocycles. The molecule has 2 aromatic carbocycles. The highest BCUT2D eigenvalue weighted by Crippen LogP contribution is 2.33. The second kappa shape index (κ2) is 9.56. The van der Waals surface area contributed by atoms with E-state index < -0.39 is 5.82 Å². The largest absolute Gasteiger partial charge is 0.506 e. The first-order valence-electron chi connectivity index (χ1n) is 12.0. The Morgan fingerprint density at radius 2 is 1.84 bits per heavy atom. The number of hydrogen-bond acceptors (Lipinski definition) is 7. The molecule has 0 aliphatic rings. The summed E-state index contributed by atoms with van der Waals surface area (Å²) in [6.07, 6.45) is 4.74. The molecule has 0 fully saturated rings. The highest BCUT2D eigenvalue weighted by Gasteiger charge is 2.17. The van der Waals surface area contributed by atoms with Gasteiger partial charge in [-0.05, 0) is 56.1 Å². The van der Waals surface area contributed by atoms with Crippen LogP contribution in [-0.4, -0.2) is 67.4 Å². The SMILES string of the molecule is CN(C)CCOc1cc(F)cc(-c2nccc3[nH]c(-c4n[nH]c5ccc(-c6cncc(O)c6)cc45)nc23)c1. The first-order chi connectivity index (χ1) is 18.4. The highest BCUT2D eigenvalue weighted by atomic mass is 19.1. The summed E-state index contributed by atoms with van der Waals surface area (Å²) >= 11 is 0. The number of aromatic amines is 2. The molecular weight excluding hydrogens is 485 g/mol. The topological polar surface area (TPSA) is 116 Å². The van der Waals surface area contributed by atoms with Crippen LogP contribution in [0.15, 0.2) is 67.1 Å². The van der Waals surface area contributed by atoms with Crippen molar-refractivity contribution >= 4 is 21.9 Å². The van der Waals surface area contributed by atoms with Crippen LogP contribution >= 0.6 is 0 Å². The summed E-state index contributed by atoms with van der Waals surface area (Å²) in [4.78, 5) is 18.7. The van der Waals surface area contributed by atoms with E-state index in [1.807, 2.05) is 43.3 Å². The smallest absolute Gasteiger partial charge is 0.159 e. The van der Waals surface area contributed by atoms with Gasteiger partial charge in [-0.3, -0.25) is 15.1 Å². The van der Waals surface area contributed by atoms with Gasteiger partial charge in [0.25, 0.3) is 0 Å². The van der Waals surface area contributed by atoms with Crippen LogP contribution in [0.2, 0.25) is 0 Å². The average molecular weight is 510 g/mol. The van der Waals surface area contributed by atoms with Crippen LogP contribution in [0.1, 0.15) is 0 Å². The van der Waals surface area contributed by atoms with Crippen molar-refractivity contribution in [2.75, 3.05) is 27.2 Å². The van der Waals surface area contributed by atoms with Crippen molar-refractivity contribution < 1.29 is 14.2 Å². The number of nitrogens with zero attached hydrogens (tertiary/aromatic N) is 5. The van der Waals surface area contributed by atoms with Crippen molar-refractivity contribution in [1.29, 1.82) is 0 Å². The zero-order chi connectivity index (χ0) is 26.2. The number of fused-ring (bicyclic) bond motifs is 2. The Kier molecular flexibility index (Phi) is 5.93. The molecule has 6 rings (SSSR count). The van der Waals surface area contributed by atoms with Gasteiger partial charge in [-0.15, -0.1) is 0 Å². The lowest BCUT2D eigenvalue weighted by Gasteiger charge is -2.12. The normalized spacial score (nSPS) is 11.6. The molecule has 190 valence electrons. The van der Waals surface area contributed by atoms with Gasteiger partial charge < -0.3 is 19.7 Å². The molecule has 4 heterocycles. The number of rotatable bonds is 7. The van der Waals surface area contributed by atoms with Gasteiger partial charge in [-0.25, -0.2) is 9.37 Å². The van der Waals surface area contributed by atoms with Gasteiger partial charge in [0.2, 0.25) is 0 Å². The maximum absolute atomic E-state index is 14.5. The molecular formula is C28H24FN7O2. The monoisotopic (exact) mass is 509 g/mol. The number of halogens is 1. The second-order valence-corrected chi connectivity index (χ2v) is 9.23. The van der Waals surface area contributed by atoms with Crippen LogP contribution in [0.3, 0.4) is 0 Å². The maximum atomic E-state index is 14.5. The number of aromatic hydroxyl groups is 1. The van der Waals surface area contributed by atoms with E-state index in [1.165, 1.54) is 18.3 Å². The van der Waals surface area contributed by atoms with E-state index in [2.05, 4.69) is 25.1 Å². The van der Waals surface area contributed by atoms with E-state index in [-0.39, 0.29) is 5.75 Å². The minimum absolute atomic E-state index is 0.0935. The fraction of sp³-hybridized carbons (Fsp3) is 0.143. The molecule has 0 amide bonds. The van der Waals surface area contributed by atoms with E-state index in [0.29, 0.717) is 47.2 Å². The number of ether oxygens (including phenoxy) is 1. The van der Waals surface area contributed by atoms with Gasteiger partial charge in [0, 0.05) is 41.5 Å². The molecule has 0 bridgehead atoms. The first-order valence-corrected chi connectivity index (χ1v) is 12.0. The number of benzene rings is 2. The molecule has 0 radical (unpaired) electrons. The summed E-state index contributed by atoms with van der Waals surface area (Å²) in [7, 11) is 3.90. The Balaban J connectivity index is 1.40. The Bertz CT molecular complexity index is 1780. The van der Waals surface area contributed by atoms with E-state index in [0.717, 1.165) is 27.5 Å². The summed E-state index contributed by atoms with van der Waals surface area (Å²) in [6.45, 7) is 1.15. The lowest BCUT2D eigenvalue weighted by atomic mass is 10.0. The summed E-state index contributed by atoms with van der Waals surface area (Å²) in [6, 6.07) is 13.9. The van der Waals surface area contributed by atoms with Crippen molar-refractivity contribution in [3.05, 3.63) is 72.9 Å². The van der Waals surface area contributed by atoms with Crippen molar-refractivity contribution in [2.45, 2.75) is 0 Å². The van der Waals surface area contributed by atoms with E-state index in [9.17, 15) is 9.50 Å². The first kappa shape index (κ1) is 23.6. The lowest BCUT2D eigenvalue weighted by Crippen LogP contribution is -2.19. The maximum Gasteiger partial charge on any atom is 0.159 e. The standard InChI is InChI=1S/C28H24FN7O2/c1-36(2)7-8-38-21-11-17(9-19(29)13-21)25-27-24(5-6-31-25)32-28(33-27)26-22-12-16(3-4-23(22)34-35-26)18-10-20(37)15-30-14-18/h3-6,9-15,37H,7-8H2,1-2H3,(H,32,33)(H,34,35). The molecule has 0 aliphatic heterocycles. The van der Waals surface area contributed by atoms with Crippen LogP contribution in [0.5, 0.6) is 11.5 Å². The molecule has 0 unspecified atom stereocenters. The van der Waals surface area contributed by atoms with Crippen molar-refractivity contribution in [3.63, 3.8) is 0 Å². The zero-order valence-electron chi connectivity index (χ0n) is 20.7. The third-order valence-electron chi connectivity index (χ3n) is 6.20. The Hall–Kier alpha value is -4.83. The molecule has 9 nitrogen and oxygen atoms in total. The van der Waals surface area contributed by atoms with Crippen molar-refractivity contribution in [1.82, 2.24) is 35.0 Å². The molecule has 0 atom stereocenters. The number of imidazole rings is 1. The second-order valence-electron chi connectivity index (χ2n) is 9.23. The van der Waals surface area contributed by atoms with Gasteiger partial charge in [0.05, 0.1) is 22.9 Å². The Labute approximate surface area is 217 Å². The van der Waals surface area contributed by atoms with Crippen LogP contribution < -0.4 is 4.74 Å². The molecule has 10 heteroatoms. The molecule has 0 saturated carbocycles. The Morgan fingerprint density at radius 3 is 2.68 bits per heavy atom. The molecule has 6 aromatic rings. The molecule has 3 N–H and O–H groups in total. The summed E-state index contributed by atoms with van der Waals surface area (Å²) in [5.41, 5.74) is 5.57. The highest BCUT2D eigenvalue weighted by molar-refractivity contribution is 5.97. The predicted molar refractivity (Wildman–Crippen MR) is 143 cm³/mol. The van der Waals surface area contributed by atoms with E-state index >= 15 is 0 Å². The van der Waals surface area contributed by atoms with Gasteiger partial charge in [-0.2, -0.15) is 5.10 Å². The van der Waals surface area contributed by atoms with E-state index in [1.54, 1.807) is 24.5 Å². The number of aromatic nitrogens is 6. The molecule has 38 heavy (non-hydrogen) atoms. The van der Waals surface area contributed by atoms with Crippen LogP contribution in [0.25, 0.3) is 55.8 Å². The fourth-order valence-electron chi connectivity index (χ4n) is 4.35. The minimum Gasteiger partial charge on any atom is -0.506 e. The van der Waals surface area contributed by atoms with Gasteiger partial charge >= 0.3 is 0 Å². The third-order valence-corrected chi connectivity index (χ3v) is 6.20. The Morgan fingerprint density at radius 1 is 0.947 bits per heavy atom. The molecule has 0 spiro atoms. The molecule has 0 saturated heterocycles. The average Bonchev–Trinajstić information content (AvgIpc) is 3.51. The number of pyridine rings is 2. The minimum atomic E-state index is -0.413. The quantitative estimate of drug-likeness (QED) is 0.277. The summed E-state index contributed by atoms with van der Waals surface area (Å²) < 4.78 is 20.3. The van der Waals surface area contributed by atoms with Gasteiger partial charge in [-0.1, -0.05) is 6.07 Å². The number of H-pyrrole nitrogens is 2. The summed E-state index contributed by atoms with van der Waals surface area (Å²) in [5.74, 6) is 0.661. The lowest BCUT2D eigenvalue weighted by molar-refractivity contribution is 0.260. The predicted octanol–water partition coefficient (Wildman–Crippen LogP) is 5.02. The van der Waals surface area contributed by atoms with Crippen molar-refractivity contribution in [3.8, 4) is 45.4 Å². The van der Waals surface area contributed by atoms with Gasteiger partial charge in [0.15, 0.2) is 5.82 Å². The van der Waals surface area contributed by atoms with Crippen LogP contribution in [0.4, 0.5) is 4.39 Å². The number of hydrogen-bond donors (Lipinski definition) is 3. The summed E-state index contributed by atoms with van der Waals surface area (Å²) in [5, 5.41) is 18.2.